The van der Waals surface area contributed by atoms with Crippen LogP contribution in [0.25, 0.3) is 0 Å². The molecule has 0 bridgehead atoms. The van der Waals surface area contributed by atoms with E-state index in [4.69, 9.17) is 0 Å². The Kier molecular flexibility index (Phi) is 4.84. The predicted molar refractivity (Wildman–Crippen MR) is 105 cm³/mol. The van der Waals surface area contributed by atoms with Gasteiger partial charge in [0.15, 0.2) is 11.6 Å². The van der Waals surface area contributed by atoms with E-state index in [0.29, 0.717) is 31.6 Å². The smallest absolute Gasteiger partial charge is 0.243 e. The van der Waals surface area contributed by atoms with Gasteiger partial charge < -0.3 is 4.90 Å². The molecule has 2 aliphatic rings. The van der Waals surface area contributed by atoms with Crippen molar-refractivity contribution in [1.29, 1.82) is 0 Å². The van der Waals surface area contributed by atoms with Gasteiger partial charge in [-0.05, 0) is 24.6 Å². The molecular weight excluding hydrogens is 392 g/mol. The highest BCUT2D eigenvalue weighted by molar-refractivity contribution is 7.89. The monoisotopic (exact) mass is 412 g/mol. The van der Waals surface area contributed by atoms with Crippen LogP contribution in [0.4, 0.5) is 0 Å². The second-order valence-electron chi connectivity index (χ2n) is 7.17. The van der Waals surface area contributed by atoms with Gasteiger partial charge in [0, 0.05) is 55.4 Å². The summed E-state index contributed by atoms with van der Waals surface area (Å²) in [5.74, 6) is -0.724. The molecule has 1 saturated heterocycles. The van der Waals surface area contributed by atoms with Gasteiger partial charge in [0.1, 0.15) is 0 Å². The standard InChI is InChI=1S/C21H20N2O5S/c1-14(24)22-9-4-10-23(12-11-22)29(27,28)15-7-8-18-19(13-15)21(26)17-6-3-2-5-16(17)20(18)25/h2-3,5-8,13H,4,9-12H2,1H3. The lowest BCUT2D eigenvalue weighted by atomic mass is 9.84. The Labute approximate surface area is 169 Å². The summed E-state index contributed by atoms with van der Waals surface area (Å²) >= 11 is 0. The molecule has 1 fully saturated rings. The molecule has 150 valence electrons. The predicted octanol–water partition coefficient (Wildman–Crippen LogP) is 1.70. The van der Waals surface area contributed by atoms with Crippen molar-refractivity contribution in [3.63, 3.8) is 0 Å². The summed E-state index contributed by atoms with van der Waals surface area (Å²) in [4.78, 5) is 38.8. The fraction of sp³-hybridized carbons (Fsp3) is 0.286. The summed E-state index contributed by atoms with van der Waals surface area (Å²) in [6, 6.07) is 10.6. The lowest BCUT2D eigenvalue weighted by Crippen LogP contribution is -2.36. The van der Waals surface area contributed by atoms with Crippen LogP contribution in [0.15, 0.2) is 47.4 Å². The van der Waals surface area contributed by atoms with Crippen LogP contribution in [0.1, 0.15) is 45.2 Å². The SMILES string of the molecule is CC(=O)N1CCCN(S(=O)(=O)c2ccc3c(c2)C(=O)c2ccccc2C3=O)CC1. The van der Waals surface area contributed by atoms with Crippen molar-refractivity contribution in [3.8, 4) is 0 Å². The van der Waals surface area contributed by atoms with Gasteiger partial charge in [0.05, 0.1) is 4.90 Å². The number of nitrogens with zero attached hydrogens (tertiary/aromatic N) is 2. The maximum Gasteiger partial charge on any atom is 0.243 e. The second kappa shape index (κ2) is 7.20. The average molecular weight is 412 g/mol. The summed E-state index contributed by atoms with van der Waals surface area (Å²) in [7, 11) is -3.85. The van der Waals surface area contributed by atoms with Gasteiger partial charge in [-0.25, -0.2) is 8.42 Å². The molecule has 0 atom stereocenters. The first-order chi connectivity index (χ1) is 13.8. The van der Waals surface area contributed by atoms with Crippen LogP contribution < -0.4 is 0 Å². The minimum Gasteiger partial charge on any atom is -0.342 e. The Bertz CT molecular complexity index is 1140. The van der Waals surface area contributed by atoms with Crippen molar-refractivity contribution in [1.82, 2.24) is 9.21 Å². The van der Waals surface area contributed by atoms with E-state index < -0.39 is 10.0 Å². The van der Waals surface area contributed by atoms with Gasteiger partial charge in [0.25, 0.3) is 0 Å². The van der Waals surface area contributed by atoms with Crippen molar-refractivity contribution in [2.45, 2.75) is 18.2 Å². The van der Waals surface area contributed by atoms with E-state index in [1.54, 1.807) is 29.2 Å². The number of rotatable bonds is 2. The van der Waals surface area contributed by atoms with Gasteiger partial charge in [-0.3, -0.25) is 14.4 Å². The van der Waals surface area contributed by atoms with E-state index in [1.165, 1.54) is 29.4 Å². The van der Waals surface area contributed by atoms with Crippen molar-refractivity contribution < 1.29 is 22.8 Å². The van der Waals surface area contributed by atoms with Crippen molar-refractivity contribution in [2.75, 3.05) is 26.2 Å². The van der Waals surface area contributed by atoms with Gasteiger partial charge in [-0.15, -0.1) is 0 Å². The lowest BCUT2D eigenvalue weighted by Gasteiger charge is -2.22. The van der Waals surface area contributed by atoms with Crippen LogP contribution in [0.2, 0.25) is 0 Å². The molecule has 0 aromatic heterocycles. The normalized spacial score (nSPS) is 17.5. The highest BCUT2D eigenvalue weighted by atomic mass is 32.2. The van der Waals surface area contributed by atoms with Crippen LogP contribution in [0, 0.1) is 0 Å². The number of carbonyl (C=O) groups excluding carboxylic acids is 3. The third-order valence-corrected chi connectivity index (χ3v) is 7.33. The molecule has 1 heterocycles. The van der Waals surface area contributed by atoms with E-state index >= 15 is 0 Å². The van der Waals surface area contributed by atoms with Gasteiger partial charge in [-0.2, -0.15) is 4.31 Å². The lowest BCUT2D eigenvalue weighted by molar-refractivity contribution is -0.128. The Hall–Kier alpha value is -2.84. The second-order valence-corrected chi connectivity index (χ2v) is 9.11. The van der Waals surface area contributed by atoms with Crippen molar-refractivity contribution in [3.05, 3.63) is 64.7 Å². The molecule has 0 radical (unpaired) electrons. The van der Waals surface area contributed by atoms with Crippen molar-refractivity contribution >= 4 is 27.5 Å². The van der Waals surface area contributed by atoms with E-state index in [1.807, 2.05) is 0 Å². The topological polar surface area (TPSA) is 91.8 Å². The first-order valence-corrected chi connectivity index (χ1v) is 10.8. The van der Waals surface area contributed by atoms with Crippen LogP contribution >= 0.6 is 0 Å². The third-order valence-electron chi connectivity index (χ3n) is 5.43. The third kappa shape index (κ3) is 3.28. The maximum absolute atomic E-state index is 13.2. The quantitative estimate of drug-likeness (QED) is 0.639. The number of amides is 1. The highest BCUT2D eigenvalue weighted by Crippen LogP contribution is 2.30. The summed E-state index contributed by atoms with van der Waals surface area (Å²) in [6.45, 7) is 2.78. The van der Waals surface area contributed by atoms with Gasteiger partial charge >= 0.3 is 0 Å². The highest BCUT2D eigenvalue weighted by Gasteiger charge is 2.33. The first-order valence-electron chi connectivity index (χ1n) is 9.39. The summed E-state index contributed by atoms with van der Waals surface area (Å²) in [5, 5.41) is 0. The zero-order chi connectivity index (χ0) is 20.8. The Morgan fingerprint density at radius 1 is 0.828 bits per heavy atom. The molecule has 0 spiro atoms. The Morgan fingerprint density at radius 2 is 1.45 bits per heavy atom. The molecular formula is C21H20N2O5S. The first kappa shape index (κ1) is 19.5. The number of sulfonamides is 1. The van der Waals surface area contributed by atoms with Gasteiger partial charge in [0.2, 0.25) is 15.9 Å². The van der Waals surface area contributed by atoms with E-state index in [2.05, 4.69) is 0 Å². The molecule has 1 amide bonds. The zero-order valence-electron chi connectivity index (χ0n) is 15.9. The molecule has 1 aliphatic carbocycles. The Morgan fingerprint density at radius 3 is 2.10 bits per heavy atom. The molecule has 2 aromatic rings. The van der Waals surface area contributed by atoms with Crippen LogP contribution in [-0.4, -0.2) is 61.3 Å². The van der Waals surface area contributed by atoms with E-state index in [0.717, 1.165) is 0 Å². The van der Waals surface area contributed by atoms with E-state index in [9.17, 15) is 22.8 Å². The fourth-order valence-electron chi connectivity index (χ4n) is 3.84. The summed E-state index contributed by atoms with van der Waals surface area (Å²) in [6.07, 6.45) is 0.536. The zero-order valence-corrected chi connectivity index (χ0v) is 16.7. The Balaban J connectivity index is 1.69. The summed E-state index contributed by atoms with van der Waals surface area (Å²) in [5.41, 5.74) is 0.935. The molecule has 0 saturated carbocycles. The molecule has 0 unspecified atom stereocenters. The molecule has 1 aliphatic heterocycles. The summed E-state index contributed by atoms with van der Waals surface area (Å²) < 4.78 is 27.7. The number of benzene rings is 2. The van der Waals surface area contributed by atoms with Crippen LogP contribution in [0.3, 0.4) is 0 Å². The van der Waals surface area contributed by atoms with Crippen LogP contribution in [0.5, 0.6) is 0 Å². The number of hydrogen-bond acceptors (Lipinski definition) is 5. The van der Waals surface area contributed by atoms with Crippen molar-refractivity contribution in [2.24, 2.45) is 0 Å². The fourth-order valence-corrected chi connectivity index (χ4v) is 5.33. The molecule has 4 rings (SSSR count). The number of hydrogen-bond donors (Lipinski definition) is 0. The minimum atomic E-state index is -3.85. The number of fused-ring (bicyclic) bond motifs is 2. The average Bonchev–Trinajstić information content (AvgIpc) is 2.98. The maximum atomic E-state index is 13.2. The van der Waals surface area contributed by atoms with Gasteiger partial charge in [-0.1, -0.05) is 24.3 Å². The molecule has 2 aromatic carbocycles. The largest absolute Gasteiger partial charge is 0.342 e. The minimum absolute atomic E-state index is 0.0203. The van der Waals surface area contributed by atoms with Crippen LogP contribution in [-0.2, 0) is 14.8 Å². The number of carbonyl (C=O) groups is 3. The molecule has 29 heavy (non-hydrogen) atoms. The molecule has 8 heteroatoms. The van der Waals surface area contributed by atoms with E-state index in [-0.39, 0.29) is 45.6 Å². The molecule has 7 nitrogen and oxygen atoms in total. The molecule has 0 N–H and O–H groups in total. The number of ketones is 2.